The minimum Gasteiger partial charge on any atom is -0.392 e. The average Bonchev–Trinajstić information content (AvgIpc) is 2.46. The van der Waals surface area contributed by atoms with E-state index in [2.05, 4.69) is 18.3 Å². The molecule has 0 saturated carbocycles. The molecule has 1 aromatic rings. The van der Waals surface area contributed by atoms with Gasteiger partial charge in [0.25, 0.3) is 0 Å². The third kappa shape index (κ3) is 7.89. The SMILES string of the molecule is CCCCCCCCCCNc1cccc(CO)c1. The first-order valence-electron chi connectivity index (χ1n) is 7.80. The van der Waals surface area contributed by atoms with Gasteiger partial charge < -0.3 is 10.4 Å². The topological polar surface area (TPSA) is 32.3 Å². The van der Waals surface area contributed by atoms with Crippen LogP contribution in [0.5, 0.6) is 0 Å². The molecule has 0 fully saturated rings. The summed E-state index contributed by atoms with van der Waals surface area (Å²) in [4.78, 5) is 0. The highest BCUT2D eigenvalue weighted by Gasteiger charge is 1.95. The summed E-state index contributed by atoms with van der Waals surface area (Å²) in [5.74, 6) is 0. The molecule has 0 heterocycles. The summed E-state index contributed by atoms with van der Waals surface area (Å²) in [7, 11) is 0. The van der Waals surface area contributed by atoms with Crippen molar-refractivity contribution in [1.82, 2.24) is 0 Å². The lowest BCUT2D eigenvalue weighted by molar-refractivity contribution is 0.282. The van der Waals surface area contributed by atoms with Crippen LogP contribution in [0.4, 0.5) is 5.69 Å². The third-order valence-corrected chi connectivity index (χ3v) is 3.47. The zero-order valence-corrected chi connectivity index (χ0v) is 12.3. The highest BCUT2D eigenvalue weighted by atomic mass is 16.3. The quantitative estimate of drug-likeness (QED) is 0.566. The van der Waals surface area contributed by atoms with E-state index >= 15 is 0 Å². The number of nitrogens with one attached hydrogen (secondary N) is 1. The standard InChI is InChI=1S/C17H29NO/c1-2-3-4-5-6-7-8-9-13-18-17-12-10-11-16(14-17)15-19/h10-12,14,18-19H,2-9,13,15H2,1H3. The Morgan fingerprint density at radius 3 is 2.32 bits per heavy atom. The number of unbranched alkanes of at least 4 members (excludes halogenated alkanes) is 7. The fourth-order valence-corrected chi connectivity index (χ4v) is 2.27. The van der Waals surface area contributed by atoms with Crippen LogP contribution in [0.2, 0.25) is 0 Å². The van der Waals surface area contributed by atoms with E-state index in [1.807, 2.05) is 18.2 Å². The first kappa shape index (κ1) is 16.0. The van der Waals surface area contributed by atoms with Gasteiger partial charge in [0.05, 0.1) is 6.61 Å². The lowest BCUT2D eigenvalue weighted by Crippen LogP contribution is -2.01. The molecule has 19 heavy (non-hydrogen) atoms. The molecule has 0 spiro atoms. The van der Waals surface area contributed by atoms with Crippen LogP contribution in [0.15, 0.2) is 24.3 Å². The van der Waals surface area contributed by atoms with Crippen molar-refractivity contribution in [2.45, 2.75) is 64.9 Å². The number of benzene rings is 1. The first-order chi connectivity index (χ1) is 9.36. The van der Waals surface area contributed by atoms with E-state index in [4.69, 9.17) is 5.11 Å². The van der Waals surface area contributed by atoms with Crippen LogP contribution in [-0.2, 0) is 6.61 Å². The van der Waals surface area contributed by atoms with Crippen molar-refractivity contribution < 1.29 is 5.11 Å². The summed E-state index contributed by atoms with van der Waals surface area (Å²) in [6.45, 7) is 3.41. The van der Waals surface area contributed by atoms with Crippen molar-refractivity contribution in [2.24, 2.45) is 0 Å². The summed E-state index contributed by atoms with van der Waals surface area (Å²) in [6.07, 6.45) is 10.8. The number of anilines is 1. The van der Waals surface area contributed by atoms with Gasteiger partial charge in [-0.05, 0) is 24.1 Å². The molecular weight excluding hydrogens is 234 g/mol. The molecule has 108 valence electrons. The molecule has 0 aromatic heterocycles. The van der Waals surface area contributed by atoms with Crippen molar-refractivity contribution in [1.29, 1.82) is 0 Å². The van der Waals surface area contributed by atoms with Crippen LogP contribution < -0.4 is 5.32 Å². The second-order valence-corrected chi connectivity index (χ2v) is 5.26. The molecular formula is C17H29NO. The predicted molar refractivity (Wildman–Crippen MR) is 83.5 cm³/mol. The monoisotopic (exact) mass is 263 g/mol. The molecule has 2 N–H and O–H groups in total. The maximum Gasteiger partial charge on any atom is 0.0682 e. The maximum atomic E-state index is 9.06. The molecule has 0 unspecified atom stereocenters. The van der Waals surface area contributed by atoms with E-state index in [0.717, 1.165) is 17.8 Å². The molecule has 0 atom stereocenters. The van der Waals surface area contributed by atoms with Crippen LogP contribution in [0, 0.1) is 0 Å². The van der Waals surface area contributed by atoms with Crippen molar-refractivity contribution in [3.8, 4) is 0 Å². The largest absolute Gasteiger partial charge is 0.392 e. The molecule has 1 aromatic carbocycles. The molecule has 0 aliphatic rings. The van der Waals surface area contributed by atoms with Crippen LogP contribution in [0.3, 0.4) is 0 Å². The van der Waals surface area contributed by atoms with Gasteiger partial charge in [-0.2, -0.15) is 0 Å². The lowest BCUT2D eigenvalue weighted by atomic mass is 10.1. The molecule has 2 heteroatoms. The highest BCUT2D eigenvalue weighted by molar-refractivity contribution is 5.45. The van der Waals surface area contributed by atoms with Gasteiger partial charge in [-0.1, -0.05) is 64.0 Å². The smallest absolute Gasteiger partial charge is 0.0682 e. The van der Waals surface area contributed by atoms with Crippen LogP contribution >= 0.6 is 0 Å². The fraction of sp³-hybridized carbons (Fsp3) is 0.647. The van der Waals surface area contributed by atoms with Crippen molar-refractivity contribution in [2.75, 3.05) is 11.9 Å². The zero-order chi connectivity index (χ0) is 13.8. The molecule has 0 amide bonds. The van der Waals surface area contributed by atoms with E-state index in [1.165, 1.54) is 51.4 Å². The number of hydrogen-bond donors (Lipinski definition) is 2. The summed E-state index contributed by atoms with van der Waals surface area (Å²) in [5, 5.41) is 12.5. The van der Waals surface area contributed by atoms with Crippen molar-refractivity contribution in [3.63, 3.8) is 0 Å². The Hall–Kier alpha value is -1.02. The maximum absolute atomic E-state index is 9.06. The van der Waals surface area contributed by atoms with Gasteiger partial charge in [0.1, 0.15) is 0 Å². The Kier molecular flexibility index (Phi) is 9.17. The Balaban J connectivity index is 1.98. The Labute approximate surface area is 118 Å². The van der Waals surface area contributed by atoms with E-state index in [1.54, 1.807) is 0 Å². The molecule has 1 rings (SSSR count). The Bertz CT molecular complexity index is 325. The second kappa shape index (κ2) is 10.9. The van der Waals surface area contributed by atoms with Gasteiger partial charge in [0, 0.05) is 12.2 Å². The molecule has 0 aliphatic carbocycles. The third-order valence-electron chi connectivity index (χ3n) is 3.47. The van der Waals surface area contributed by atoms with Gasteiger partial charge in [0.15, 0.2) is 0 Å². The molecule has 0 aliphatic heterocycles. The Morgan fingerprint density at radius 1 is 0.947 bits per heavy atom. The second-order valence-electron chi connectivity index (χ2n) is 5.26. The van der Waals surface area contributed by atoms with Gasteiger partial charge >= 0.3 is 0 Å². The molecule has 0 radical (unpaired) electrons. The van der Waals surface area contributed by atoms with E-state index in [0.29, 0.717) is 0 Å². The van der Waals surface area contributed by atoms with Crippen molar-refractivity contribution >= 4 is 5.69 Å². The normalized spacial score (nSPS) is 10.6. The van der Waals surface area contributed by atoms with E-state index in [9.17, 15) is 0 Å². The number of aliphatic hydroxyl groups excluding tert-OH is 1. The number of aliphatic hydroxyl groups is 1. The number of hydrogen-bond acceptors (Lipinski definition) is 2. The summed E-state index contributed by atoms with van der Waals surface area (Å²) < 4.78 is 0. The summed E-state index contributed by atoms with van der Waals surface area (Å²) in [6, 6.07) is 8.01. The van der Waals surface area contributed by atoms with Gasteiger partial charge in [0.2, 0.25) is 0 Å². The molecule has 0 bridgehead atoms. The van der Waals surface area contributed by atoms with E-state index < -0.39 is 0 Å². The van der Waals surface area contributed by atoms with Crippen molar-refractivity contribution in [3.05, 3.63) is 29.8 Å². The summed E-state index contributed by atoms with van der Waals surface area (Å²) in [5.41, 5.74) is 2.09. The van der Waals surface area contributed by atoms with Crippen LogP contribution in [0.1, 0.15) is 63.9 Å². The fourth-order valence-electron chi connectivity index (χ4n) is 2.27. The zero-order valence-electron chi connectivity index (χ0n) is 12.3. The van der Waals surface area contributed by atoms with Crippen LogP contribution in [-0.4, -0.2) is 11.7 Å². The average molecular weight is 263 g/mol. The molecule has 0 saturated heterocycles. The first-order valence-corrected chi connectivity index (χ1v) is 7.80. The minimum atomic E-state index is 0.118. The predicted octanol–water partition coefficient (Wildman–Crippen LogP) is 4.73. The Morgan fingerprint density at radius 2 is 1.63 bits per heavy atom. The lowest BCUT2D eigenvalue weighted by Gasteiger charge is -2.07. The molecule has 2 nitrogen and oxygen atoms in total. The van der Waals surface area contributed by atoms with E-state index in [-0.39, 0.29) is 6.61 Å². The van der Waals surface area contributed by atoms with Gasteiger partial charge in [-0.25, -0.2) is 0 Å². The summed E-state index contributed by atoms with van der Waals surface area (Å²) >= 11 is 0. The van der Waals surface area contributed by atoms with Gasteiger partial charge in [-0.3, -0.25) is 0 Å². The minimum absolute atomic E-state index is 0.118. The highest BCUT2D eigenvalue weighted by Crippen LogP contribution is 2.12. The van der Waals surface area contributed by atoms with Crippen LogP contribution in [0.25, 0.3) is 0 Å². The van der Waals surface area contributed by atoms with Gasteiger partial charge in [-0.15, -0.1) is 0 Å². The number of rotatable bonds is 11.